The van der Waals surface area contributed by atoms with E-state index in [2.05, 4.69) is 5.32 Å². The lowest BCUT2D eigenvalue weighted by atomic mass is 10.1. The van der Waals surface area contributed by atoms with E-state index in [0.717, 1.165) is 6.42 Å². The first-order valence-electron chi connectivity index (χ1n) is 5.18. The molecule has 0 radical (unpaired) electrons. The van der Waals surface area contributed by atoms with Gasteiger partial charge in [-0.05, 0) is 31.9 Å². The summed E-state index contributed by atoms with van der Waals surface area (Å²) in [7, 11) is 0. The highest BCUT2D eigenvalue weighted by Crippen LogP contribution is 2.28. The molecule has 0 amide bonds. The molecule has 1 atom stereocenters. The van der Waals surface area contributed by atoms with E-state index in [0.29, 0.717) is 26.0 Å². The summed E-state index contributed by atoms with van der Waals surface area (Å²) in [6.45, 7) is 2.55. The van der Waals surface area contributed by atoms with E-state index in [1.54, 1.807) is 0 Å². The van der Waals surface area contributed by atoms with Crippen LogP contribution < -0.4 is 5.32 Å². The maximum Gasteiger partial charge on any atom is 0.410 e. The summed E-state index contributed by atoms with van der Waals surface area (Å²) in [4.78, 5) is 0. The summed E-state index contributed by atoms with van der Waals surface area (Å²) in [6, 6.07) is -1.64. The zero-order valence-corrected chi connectivity index (χ0v) is 8.73. The van der Waals surface area contributed by atoms with Gasteiger partial charge in [-0.15, -0.1) is 0 Å². The second kappa shape index (κ2) is 5.39. The Morgan fingerprint density at radius 1 is 1.53 bits per heavy atom. The predicted molar refractivity (Wildman–Crippen MR) is 51.4 cm³/mol. The van der Waals surface area contributed by atoms with Crippen molar-refractivity contribution in [2.75, 3.05) is 13.2 Å². The molecule has 1 aliphatic rings. The third-order valence-electron chi connectivity index (χ3n) is 2.17. The molecule has 88 valence electrons. The van der Waals surface area contributed by atoms with Crippen molar-refractivity contribution in [2.45, 2.75) is 38.4 Å². The Morgan fingerprint density at radius 3 is 2.73 bits per heavy atom. The molecule has 15 heavy (non-hydrogen) atoms. The van der Waals surface area contributed by atoms with Crippen LogP contribution in [0.4, 0.5) is 13.2 Å². The van der Waals surface area contributed by atoms with Crippen molar-refractivity contribution in [2.24, 2.45) is 0 Å². The van der Waals surface area contributed by atoms with Gasteiger partial charge in [-0.25, -0.2) is 0 Å². The van der Waals surface area contributed by atoms with E-state index in [-0.39, 0.29) is 5.76 Å². The smallest absolute Gasteiger partial charge is 0.410 e. The maximum atomic E-state index is 12.6. The number of nitrogens with one attached hydrogen (secondary N) is 1. The Hall–Kier alpha value is -0.710. The average molecular weight is 223 g/mol. The number of alkyl halides is 3. The normalized spacial score (nSPS) is 19.3. The molecule has 0 spiro atoms. The minimum atomic E-state index is -4.28. The molecule has 5 heteroatoms. The molecular formula is C10H16F3NO. The molecule has 2 nitrogen and oxygen atoms in total. The Kier molecular flexibility index (Phi) is 4.45. The lowest BCUT2D eigenvalue weighted by Crippen LogP contribution is -2.45. The molecule has 0 aromatic rings. The van der Waals surface area contributed by atoms with Gasteiger partial charge in [0.05, 0.1) is 6.61 Å². The van der Waals surface area contributed by atoms with E-state index in [9.17, 15) is 13.2 Å². The van der Waals surface area contributed by atoms with Gasteiger partial charge in [-0.2, -0.15) is 13.2 Å². The van der Waals surface area contributed by atoms with Gasteiger partial charge in [0.1, 0.15) is 5.76 Å². The SMILES string of the molecule is CCCNC(C1=CCCCO1)C(F)(F)F. The van der Waals surface area contributed by atoms with Gasteiger partial charge >= 0.3 is 6.18 Å². The number of hydrogen-bond acceptors (Lipinski definition) is 2. The van der Waals surface area contributed by atoms with Crippen LogP contribution in [0, 0.1) is 0 Å². The minimum Gasteiger partial charge on any atom is -0.496 e. The van der Waals surface area contributed by atoms with Crippen LogP contribution in [0.2, 0.25) is 0 Å². The lowest BCUT2D eigenvalue weighted by Gasteiger charge is -2.26. The fraction of sp³-hybridized carbons (Fsp3) is 0.800. The Morgan fingerprint density at radius 2 is 2.27 bits per heavy atom. The van der Waals surface area contributed by atoms with E-state index in [4.69, 9.17) is 4.74 Å². The largest absolute Gasteiger partial charge is 0.496 e. The van der Waals surface area contributed by atoms with Gasteiger partial charge in [0, 0.05) is 0 Å². The molecule has 1 heterocycles. The van der Waals surface area contributed by atoms with Crippen LogP contribution in [-0.2, 0) is 4.74 Å². The first-order chi connectivity index (χ1) is 7.05. The molecule has 1 rings (SSSR count). The number of allylic oxidation sites excluding steroid dienone is 1. The second-order valence-electron chi connectivity index (χ2n) is 3.53. The molecule has 0 fully saturated rings. The summed E-state index contributed by atoms with van der Waals surface area (Å²) in [5, 5.41) is 2.46. The second-order valence-corrected chi connectivity index (χ2v) is 3.53. The van der Waals surface area contributed by atoms with Crippen molar-refractivity contribution in [3.8, 4) is 0 Å². The summed E-state index contributed by atoms with van der Waals surface area (Å²) < 4.78 is 43.0. The molecule has 1 N–H and O–H groups in total. The summed E-state index contributed by atoms with van der Waals surface area (Å²) in [5.41, 5.74) is 0. The van der Waals surface area contributed by atoms with Crippen LogP contribution in [-0.4, -0.2) is 25.4 Å². The number of halogens is 3. The first kappa shape index (κ1) is 12.4. The van der Waals surface area contributed by atoms with Crippen molar-refractivity contribution in [3.05, 3.63) is 11.8 Å². The quantitative estimate of drug-likeness (QED) is 0.791. The molecule has 0 saturated heterocycles. The molecule has 0 saturated carbocycles. The summed E-state index contributed by atoms with van der Waals surface area (Å²) in [5.74, 6) is 0.0298. The molecular weight excluding hydrogens is 207 g/mol. The molecule has 0 aromatic heterocycles. The van der Waals surface area contributed by atoms with Crippen LogP contribution in [0.5, 0.6) is 0 Å². The lowest BCUT2D eigenvalue weighted by molar-refractivity contribution is -0.156. The predicted octanol–water partition coefficient (Wildman–Crippen LogP) is 2.61. The Labute approximate surface area is 87.5 Å². The molecule has 1 unspecified atom stereocenters. The highest BCUT2D eigenvalue weighted by Gasteiger charge is 2.43. The van der Waals surface area contributed by atoms with Gasteiger partial charge < -0.3 is 4.74 Å². The van der Waals surface area contributed by atoms with E-state index >= 15 is 0 Å². The van der Waals surface area contributed by atoms with Gasteiger partial charge in [0.25, 0.3) is 0 Å². The zero-order chi connectivity index (χ0) is 11.3. The topological polar surface area (TPSA) is 21.3 Å². The molecule has 0 bridgehead atoms. The van der Waals surface area contributed by atoms with Crippen LogP contribution >= 0.6 is 0 Å². The monoisotopic (exact) mass is 223 g/mol. The highest BCUT2D eigenvalue weighted by molar-refractivity contribution is 5.08. The fourth-order valence-electron chi connectivity index (χ4n) is 1.44. The van der Waals surface area contributed by atoms with Crippen molar-refractivity contribution in [1.82, 2.24) is 5.32 Å². The van der Waals surface area contributed by atoms with Gasteiger partial charge in [0.15, 0.2) is 6.04 Å². The minimum absolute atomic E-state index is 0.0298. The van der Waals surface area contributed by atoms with Crippen molar-refractivity contribution in [3.63, 3.8) is 0 Å². The highest BCUT2D eigenvalue weighted by atomic mass is 19.4. The first-order valence-corrected chi connectivity index (χ1v) is 5.18. The fourth-order valence-corrected chi connectivity index (χ4v) is 1.44. The molecule has 0 aliphatic carbocycles. The average Bonchev–Trinajstić information content (AvgIpc) is 2.18. The Balaban J connectivity index is 2.66. The number of hydrogen-bond donors (Lipinski definition) is 1. The van der Waals surface area contributed by atoms with Gasteiger partial charge in [-0.1, -0.05) is 6.92 Å². The van der Waals surface area contributed by atoms with Crippen molar-refractivity contribution < 1.29 is 17.9 Å². The molecule has 1 aliphatic heterocycles. The third kappa shape index (κ3) is 3.74. The maximum absolute atomic E-state index is 12.6. The zero-order valence-electron chi connectivity index (χ0n) is 8.73. The van der Waals surface area contributed by atoms with E-state index < -0.39 is 12.2 Å². The van der Waals surface area contributed by atoms with Gasteiger partial charge in [0.2, 0.25) is 0 Å². The standard InChI is InChI=1S/C10H16F3NO/c1-2-6-14-9(10(11,12)13)8-5-3-4-7-15-8/h5,9,14H,2-4,6-7H2,1H3. The summed E-state index contributed by atoms with van der Waals surface area (Å²) >= 11 is 0. The van der Waals surface area contributed by atoms with Crippen LogP contribution in [0.25, 0.3) is 0 Å². The Bertz CT molecular complexity index is 225. The van der Waals surface area contributed by atoms with Gasteiger partial charge in [-0.3, -0.25) is 5.32 Å². The number of rotatable bonds is 4. The molecule has 0 aromatic carbocycles. The van der Waals surface area contributed by atoms with E-state index in [1.807, 2.05) is 6.92 Å². The van der Waals surface area contributed by atoms with Crippen LogP contribution in [0.3, 0.4) is 0 Å². The van der Waals surface area contributed by atoms with E-state index in [1.165, 1.54) is 6.08 Å². The van der Waals surface area contributed by atoms with Crippen molar-refractivity contribution in [1.29, 1.82) is 0 Å². The van der Waals surface area contributed by atoms with Crippen LogP contribution in [0.1, 0.15) is 26.2 Å². The van der Waals surface area contributed by atoms with Crippen LogP contribution in [0.15, 0.2) is 11.8 Å². The third-order valence-corrected chi connectivity index (χ3v) is 2.17. The van der Waals surface area contributed by atoms with Crippen molar-refractivity contribution >= 4 is 0 Å². The summed E-state index contributed by atoms with van der Waals surface area (Å²) in [6.07, 6.45) is -0.625. The number of ether oxygens (including phenoxy) is 1.